The van der Waals surface area contributed by atoms with Crippen LogP contribution < -0.4 is 5.32 Å². The first-order valence-electron chi connectivity index (χ1n) is 7.33. The zero-order valence-corrected chi connectivity index (χ0v) is 12.8. The van der Waals surface area contributed by atoms with E-state index in [1.54, 1.807) is 0 Å². The van der Waals surface area contributed by atoms with Gasteiger partial charge in [-0.25, -0.2) is 0 Å². The largest absolute Gasteiger partial charge is 0.501 e. The maximum Gasteiger partial charge on any atom is 0.0876 e. The van der Waals surface area contributed by atoms with E-state index < -0.39 is 0 Å². The van der Waals surface area contributed by atoms with Crippen LogP contribution in [0.3, 0.4) is 0 Å². The Bertz CT molecular complexity index is 270. The molecule has 1 heterocycles. The van der Waals surface area contributed by atoms with Gasteiger partial charge >= 0.3 is 0 Å². The third kappa shape index (κ3) is 3.07. The van der Waals surface area contributed by atoms with E-state index in [1.807, 2.05) is 6.26 Å². The molecule has 1 atom stereocenters. The Labute approximate surface area is 113 Å². The summed E-state index contributed by atoms with van der Waals surface area (Å²) < 4.78 is 5.55. The molecule has 0 saturated heterocycles. The Morgan fingerprint density at radius 1 is 1.33 bits per heavy atom. The Kier molecular flexibility index (Phi) is 6.16. The Balaban J connectivity index is 3.03. The third-order valence-electron chi connectivity index (χ3n) is 4.39. The summed E-state index contributed by atoms with van der Waals surface area (Å²) in [6.45, 7) is 8.63. The van der Waals surface area contributed by atoms with E-state index in [0.717, 1.165) is 38.8 Å². The van der Waals surface area contributed by atoms with Crippen molar-refractivity contribution in [2.24, 2.45) is 0 Å². The van der Waals surface area contributed by atoms with Crippen molar-refractivity contribution in [2.75, 3.05) is 27.2 Å². The normalized spacial score (nSPS) is 18.4. The van der Waals surface area contributed by atoms with Crippen molar-refractivity contribution in [3.63, 3.8) is 0 Å². The lowest BCUT2D eigenvalue weighted by molar-refractivity contribution is 0.0959. The van der Waals surface area contributed by atoms with Gasteiger partial charge in [-0.3, -0.25) is 0 Å². The van der Waals surface area contributed by atoms with E-state index in [9.17, 15) is 0 Å². The fourth-order valence-corrected chi connectivity index (χ4v) is 3.22. The number of hydrogen-bond donors (Lipinski definition) is 1. The lowest BCUT2D eigenvalue weighted by Gasteiger charge is -2.46. The summed E-state index contributed by atoms with van der Waals surface area (Å²) in [5, 5.41) is 3.69. The highest BCUT2D eigenvalue weighted by Crippen LogP contribution is 2.32. The smallest absolute Gasteiger partial charge is 0.0876 e. The van der Waals surface area contributed by atoms with Gasteiger partial charge in [-0.1, -0.05) is 20.8 Å². The Morgan fingerprint density at radius 3 is 2.39 bits per heavy atom. The van der Waals surface area contributed by atoms with Gasteiger partial charge in [-0.2, -0.15) is 0 Å². The minimum Gasteiger partial charge on any atom is -0.501 e. The second kappa shape index (κ2) is 7.15. The van der Waals surface area contributed by atoms with Crippen molar-refractivity contribution in [3.05, 3.63) is 11.8 Å². The van der Waals surface area contributed by atoms with Crippen LogP contribution in [0.25, 0.3) is 0 Å². The molecule has 1 unspecified atom stereocenters. The highest BCUT2D eigenvalue weighted by atomic mass is 16.5. The van der Waals surface area contributed by atoms with Crippen molar-refractivity contribution >= 4 is 0 Å². The number of nitrogens with zero attached hydrogens (tertiary/aromatic N) is 1. The maximum atomic E-state index is 5.55. The highest BCUT2D eigenvalue weighted by molar-refractivity contribution is 5.19. The number of rotatable bonds is 7. The molecule has 3 nitrogen and oxygen atoms in total. The number of ether oxygens (including phenoxy) is 1. The summed E-state index contributed by atoms with van der Waals surface area (Å²) in [5.74, 6) is 0. The van der Waals surface area contributed by atoms with Crippen LogP contribution in [0.5, 0.6) is 0 Å². The molecule has 1 rings (SSSR count). The quantitative estimate of drug-likeness (QED) is 0.756. The first-order chi connectivity index (χ1) is 8.62. The van der Waals surface area contributed by atoms with Crippen LogP contribution >= 0.6 is 0 Å². The summed E-state index contributed by atoms with van der Waals surface area (Å²) in [6.07, 6.45) is 6.59. The molecule has 1 aliphatic rings. The molecule has 18 heavy (non-hydrogen) atoms. The van der Waals surface area contributed by atoms with E-state index in [1.165, 1.54) is 5.57 Å². The molecule has 0 aromatic carbocycles. The second-order valence-electron chi connectivity index (χ2n) is 5.36. The molecule has 0 aliphatic carbocycles. The molecule has 106 valence electrons. The fourth-order valence-electron chi connectivity index (χ4n) is 3.22. The molecule has 0 bridgehead atoms. The lowest BCUT2D eigenvalue weighted by atomic mass is 9.78. The van der Waals surface area contributed by atoms with Gasteiger partial charge in [0.2, 0.25) is 0 Å². The van der Waals surface area contributed by atoms with Crippen LogP contribution in [0.15, 0.2) is 11.8 Å². The third-order valence-corrected chi connectivity index (χ3v) is 4.39. The van der Waals surface area contributed by atoms with Crippen LogP contribution in [0.4, 0.5) is 0 Å². The zero-order chi connectivity index (χ0) is 13.6. The Morgan fingerprint density at radius 2 is 2.00 bits per heavy atom. The average molecular weight is 254 g/mol. The van der Waals surface area contributed by atoms with Crippen molar-refractivity contribution in [1.29, 1.82) is 0 Å². The summed E-state index contributed by atoms with van der Waals surface area (Å²) in [5.41, 5.74) is 1.61. The molecular formula is C15H30N2O. The molecule has 1 N–H and O–H groups in total. The molecule has 0 amide bonds. The molecule has 1 aliphatic heterocycles. The van der Waals surface area contributed by atoms with Gasteiger partial charge in [-0.15, -0.1) is 0 Å². The van der Waals surface area contributed by atoms with E-state index in [-0.39, 0.29) is 5.54 Å². The predicted molar refractivity (Wildman–Crippen MR) is 77.7 cm³/mol. The van der Waals surface area contributed by atoms with E-state index >= 15 is 0 Å². The van der Waals surface area contributed by atoms with E-state index in [0.29, 0.717) is 6.04 Å². The maximum absolute atomic E-state index is 5.55. The van der Waals surface area contributed by atoms with Gasteiger partial charge < -0.3 is 15.0 Å². The zero-order valence-electron chi connectivity index (χ0n) is 12.8. The monoisotopic (exact) mass is 254 g/mol. The van der Waals surface area contributed by atoms with E-state index in [4.69, 9.17) is 4.74 Å². The van der Waals surface area contributed by atoms with E-state index in [2.05, 4.69) is 45.1 Å². The van der Waals surface area contributed by atoms with Crippen molar-refractivity contribution < 1.29 is 4.74 Å². The van der Waals surface area contributed by atoms with Gasteiger partial charge in [0.15, 0.2) is 0 Å². The van der Waals surface area contributed by atoms with Crippen LogP contribution in [-0.4, -0.2) is 43.7 Å². The SMILES string of the molecule is CCNC(C1=COCCC1)C(CC)(CC)N(C)C. The molecular weight excluding hydrogens is 224 g/mol. The molecule has 0 aromatic heterocycles. The fraction of sp³-hybridized carbons (Fsp3) is 0.867. The van der Waals surface area contributed by atoms with Gasteiger partial charge in [0.1, 0.15) is 0 Å². The Hall–Kier alpha value is -0.540. The lowest BCUT2D eigenvalue weighted by Crippen LogP contribution is -2.59. The van der Waals surface area contributed by atoms with Gasteiger partial charge in [0, 0.05) is 11.6 Å². The van der Waals surface area contributed by atoms with Crippen molar-refractivity contribution in [3.8, 4) is 0 Å². The molecule has 0 saturated carbocycles. The molecule has 0 spiro atoms. The van der Waals surface area contributed by atoms with Crippen LogP contribution in [0.1, 0.15) is 46.5 Å². The predicted octanol–water partition coefficient (Wildman–Crippen LogP) is 2.78. The van der Waals surface area contributed by atoms with Crippen LogP contribution in [-0.2, 0) is 4.74 Å². The highest BCUT2D eigenvalue weighted by Gasteiger charge is 2.39. The van der Waals surface area contributed by atoms with Gasteiger partial charge in [-0.05, 0) is 51.9 Å². The van der Waals surface area contributed by atoms with Gasteiger partial charge in [0.05, 0.1) is 12.9 Å². The standard InChI is InChI=1S/C15H30N2O/c1-6-15(7-2,17(4)5)14(16-8-3)13-10-9-11-18-12-13/h12,14,16H,6-11H2,1-5H3. The summed E-state index contributed by atoms with van der Waals surface area (Å²) >= 11 is 0. The summed E-state index contributed by atoms with van der Waals surface area (Å²) in [4.78, 5) is 2.38. The molecule has 3 heteroatoms. The molecule has 0 fully saturated rings. The second-order valence-corrected chi connectivity index (χ2v) is 5.36. The van der Waals surface area contributed by atoms with Crippen molar-refractivity contribution in [1.82, 2.24) is 10.2 Å². The van der Waals surface area contributed by atoms with Crippen LogP contribution in [0, 0.1) is 0 Å². The van der Waals surface area contributed by atoms with Gasteiger partial charge in [0.25, 0.3) is 0 Å². The van der Waals surface area contributed by atoms with Crippen molar-refractivity contribution in [2.45, 2.75) is 58.0 Å². The molecule has 0 radical (unpaired) electrons. The first kappa shape index (κ1) is 15.5. The summed E-state index contributed by atoms with van der Waals surface area (Å²) in [7, 11) is 4.39. The number of likely N-dealkylation sites (N-methyl/N-ethyl adjacent to an activating group) is 2. The topological polar surface area (TPSA) is 24.5 Å². The minimum absolute atomic E-state index is 0.183. The average Bonchev–Trinajstić information content (AvgIpc) is 2.40. The summed E-state index contributed by atoms with van der Waals surface area (Å²) in [6, 6.07) is 0.396. The minimum atomic E-state index is 0.183. The molecule has 0 aromatic rings. The number of nitrogens with one attached hydrogen (secondary N) is 1. The number of hydrogen-bond acceptors (Lipinski definition) is 3. The van der Waals surface area contributed by atoms with Crippen LogP contribution in [0.2, 0.25) is 0 Å². The first-order valence-corrected chi connectivity index (χ1v) is 7.33.